The van der Waals surface area contributed by atoms with Crippen molar-refractivity contribution in [1.29, 1.82) is 0 Å². The Morgan fingerprint density at radius 3 is 2.70 bits per heavy atom. The summed E-state index contributed by atoms with van der Waals surface area (Å²) >= 11 is 0. The molecule has 1 atom stereocenters. The van der Waals surface area contributed by atoms with Gasteiger partial charge in [-0.2, -0.15) is 0 Å². The van der Waals surface area contributed by atoms with E-state index in [9.17, 15) is 4.39 Å². The Morgan fingerprint density at radius 2 is 1.95 bits per heavy atom. The van der Waals surface area contributed by atoms with Gasteiger partial charge in [0.15, 0.2) is 0 Å². The largest absolute Gasteiger partial charge is 0.497 e. The van der Waals surface area contributed by atoms with Crippen LogP contribution in [0.2, 0.25) is 0 Å². The normalized spacial score (nSPS) is 17.4. The zero-order valence-electron chi connectivity index (χ0n) is 11.5. The second-order valence-electron chi connectivity index (χ2n) is 5.16. The van der Waals surface area contributed by atoms with Crippen LogP contribution in [0, 0.1) is 5.82 Å². The van der Waals surface area contributed by atoms with E-state index < -0.39 is 0 Å². The number of rotatable bonds is 3. The molecule has 0 heterocycles. The van der Waals surface area contributed by atoms with Crippen molar-refractivity contribution in [2.45, 2.75) is 25.3 Å². The van der Waals surface area contributed by atoms with Crippen LogP contribution < -0.4 is 10.1 Å². The summed E-state index contributed by atoms with van der Waals surface area (Å²) < 4.78 is 18.2. The number of nitrogens with one attached hydrogen (secondary N) is 1. The van der Waals surface area contributed by atoms with Crippen molar-refractivity contribution in [1.82, 2.24) is 0 Å². The topological polar surface area (TPSA) is 21.3 Å². The first-order valence-corrected chi connectivity index (χ1v) is 6.95. The van der Waals surface area contributed by atoms with Gasteiger partial charge in [0.1, 0.15) is 11.6 Å². The molecule has 2 aromatic carbocycles. The number of methoxy groups -OCH3 is 1. The van der Waals surface area contributed by atoms with Gasteiger partial charge in [-0.15, -0.1) is 0 Å². The third kappa shape index (κ3) is 2.62. The molecule has 0 aliphatic heterocycles. The van der Waals surface area contributed by atoms with Gasteiger partial charge in [-0.1, -0.05) is 6.07 Å². The average molecular weight is 271 g/mol. The number of anilines is 1. The number of halogens is 1. The van der Waals surface area contributed by atoms with Gasteiger partial charge >= 0.3 is 0 Å². The number of aryl methyl sites for hydroxylation is 1. The Bertz CT molecular complexity index is 594. The molecule has 0 saturated carbocycles. The summed E-state index contributed by atoms with van der Waals surface area (Å²) in [5, 5.41) is 3.49. The molecule has 0 bridgehead atoms. The fourth-order valence-corrected chi connectivity index (χ4v) is 2.81. The molecule has 1 aliphatic rings. The molecule has 0 amide bonds. The van der Waals surface area contributed by atoms with Crippen LogP contribution in [0.4, 0.5) is 10.1 Å². The van der Waals surface area contributed by atoms with Crippen LogP contribution in [0.15, 0.2) is 42.5 Å². The van der Waals surface area contributed by atoms with Gasteiger partial charge in [0.25, 0.3) is 0 Å². The summed E-state index contributed by atoms with van der Waals surface area (Å²) in [6.45, 7) is 0. The van der Waals surface area contributed by atoms with Crippen molar-refractivity contribution in [3.63, 3.8) is 0 Å². The van der Waals surface area contributed by atoms with Crippen LogP contribution in [0.25, 0.3) is 0 Å². The van der Waals surface area contributed by atoms with Gasteiger partial charge in [-0.05, 0) is 66.8 Å². The lowest BCUT2D eigenvalue weighted by Crippen LogP contribution is -2.17. The fourth-order valence-electron chi connectivity index (χ4n) is 2.81. The Morgan fingerprint density at radius 1 is 1.15 bits per heavy atom. The lowest BCUT2D eigenvalue weighted by molar-refractivity contribution is 0.413. The maximum atomic E-state index is 12.9. The van der Waals surface area contributed by atoms with Crippen LogP contribution >= 0.6 is 0 Å². The SMILES string of the molecule is COc1ccc2c(c1)CCCC2Nc1ccc(F)cc1. The van der Waals surface area contributed by atoms with E-state index in [2.05, 4.69) is 17.4 Å². The van der Waals surface area contributed by atoms with E-state index in [1.54, 1.807) is 19.2 Å². The van der Waals surface area contributed by atoms with Crippen molar-refractivity contribution in [3.8, 4) is 5.75 Å². The van der Waals surface area contributed by atoms with Gasteiger partial charge in [0.2, 0.25) is 0 Å². The second-order valence-corrected chi connectivity index (χ2v) is 5.16. The Kier molecular flexibility index (Phi) is 3.59. The highest BCUT2D eigenvalue weighted by molar-refractivity contribution is 5.48. The first-order chi connectivity index (χ1) is 9.76. The summed E-state index contributed by atoms with van der Waals surface area (Å²) in [4.78, 5) is 0. The van der Waals surface area contributed by atoms with Crippen LogP contribution in [0.3, 0.4) is 0 Å². The van der Waals surface area contributed by atoms with E-state index >= 15 is 0 Å². The summed E-state index contributed by atoms with van der Waals surface area (Å²) in [6, 6.07) is 13.1. The van der Waals surface area contributed by atoms with Gasteiger partial charge in [0, 0.05) is 5.69 Å². The highest BCUT2D eigenvalue weighted by Crippen LogP contribution is 2.34. The summed E-state index contributed by atoms with van der Waals surface area (Å²) in [5.41, 5.74) is 3.62. The third-order valence-electron chi connectivity index (χ3n) is 3.85. The molecule has 0 radical (unpaired) electrons. The Balaban J connectivity index is 1.84. The predicted octanol–water partition coefficient (Wildman–Crippen LogP) is 4.32. The van der Waals surface area contributed by atoms with Crippen molar-refractivity contribution < 1.29 is 9.13 Å². The third-order valence-corrected chi connectivity index (χ3v) is 3.85. The first kappa shape index (κ1) is 13.0. The summed E-state index contributed by atoms with van der Waals surface area (Å²) in [7, 11) is 1.69. The standard InChI is InChI=1S/C17H18FNO/c1-20-15-9-10-16-12(11-15)3-2-4-17(16)19-14-7-5-13(18)6-8-14/h5-11,17,19H,2-4H2,1H3. The van der Waals surface area contributed by atoms with Crippen LogP contribution in [0.1, 0.15) is 30.0 Å². The van der Waals surface area contributed by atoms with Crippen molar-refractivity contribution in [2.75, 3.05) is 12.4 Å². The maximum absolute atomic E-state index is 12.9. The highest BCUT2D eigenvalue weighted by atomic mass is 19.1. The fraction of sp³-hybridized carbons (Fsp3) is 0.294. The minimum atomic E-state index is -0.204. The number of benzene rings is 2. The Hall–Kier alpha value is -2.03. The average Bonchev–Trinajstić information content (AvgIpc) is 2.49. The molecule has 3 heteroatoms. The number of fused-ring (bicyclic) bond motifs is 1. The zero-order valence-corrected chi connectivity index (χ0v) is 11.5. The van der Waals surface area contributed by atoms with Gasteiger partial charge in [0.05, 0.1) is 13.2 Å². The molecule has 3 rings (SSSR count). The van der Waals surface area contributed by atoms with Crippen molar-refractivity contribution in [2.24, 2.45) is 0 Å². The molecule has 0 aromatic heterocycles. The molecule has 1 unspecified atom stereocenters. The molecular weight excluding hydrogens is 253 g/mol. The number of hydrogen-bond donors (Lipinski definition) is 1. The van der Waals surface area contributed by atoms with Crippen molar-refractivity contribution >= 4 is 5.69 Å². The van der Waals surface area contributed by atoms with E-state index in [1.165, 1.54) is 23.3 Å². The molecule has 2 aromatic rings. The summed E-state index contributed by atoms with van der Waals surface area (Å²) in [6.07, 6.45) is 3.34. The quantitative estimate of drug-likeness (QED) is 0.897. The maximum Gasteiger partial charge on any atom is 0.123 e. The Labute approximate surface area is 118 Å². The monoisotopic (exact) mass is 271 g/mol. The van der Waals surface area contributed by atoms with E-state index in [4.69, 9.17) is 4.74 Å². The molecule has 2 nitrogen and oxygen atoms in total. The smallest absolute Gasteiger partial charge is 0.123 e. The van der Waals surface area contributed by atoms with E-state index in [0.717, 1.165) is 30.7 Å². The molecular formula is C17H18FNO. The van der Waals surface area contributed by atoms with E-state index in [0.29, 0.717) is 0 Å². The first-order valence-electron chi connectivity index (χ1n) is 6.95. The second kappa shape index (κ2) is 5.53. The molecule has 1 aliphatic carbocycles. The van der Waals surface area contributed by atoms with Crippen molar-refractivity contribution in [3.05, 3.63) is 59.4 Å². The summed E-state index contributed by atoms with van der Waals surface area (Å²) in [5.74, 6) is 0.704. The molecule has 0 fully saturated rings. The minimum Gasteiger partial charge on any atom is -0.497 e. The van der Waals surface area contributed by atoms with E-state index in [1.807, 2.05) is 6.07 Å². The zero-order chi connectivity index (χ0) is 13.9. The van der Waals surface area contributed by atoms with Crippen LogP contribution in [-0.2, 0) is 6.42 Å². The number of ether oxygens (including phenoxy) is 1. The van der Waals surface area contributed by atoms with Gasteiger partial charge in [-0.25, -0.2) is 4.39 Å². The lowest BCUT2D eigenvalue weighted by Gasteiger charge is -2.27. The van der Waals surface area contributed by atoms with E-state index in [-0.39, 0.29) is 11.9 Å². The molecule has 20 heavy (non-hydrogen) atoms. The van der Waals surface area contributed by atoms with Gasteiger partial charge < -0.3 is 10.1 Å². The number of hydrogen-bond acceptors (Lipinski definition) is 2. The highest BCUT2D eigenvalue weighted by Gasteiger charge is 2.20. The van der Waals surface area contributed by atoms with Gasteiger partial charge in [-0.3, -0.25) is 0 Å². The van der Waals surface area contributed by atoms with Crippen LogP contribution in [0.5, 0.6) is 5.75 Å². The predicted molar refractivity (Wildman–Crippen MR) is 78.7 cm³/mol. The molecule has 0 saturated heterocycles. The molecule has 0 spiro atoms. The minimum absolute atomic E-state index is 0.204. The van der Waals surface area contributed by atoms with Crippen LogP contribution in [-0.4, -0.2) is 7.11 Å². The molecule has 1 N–H and O–H groups in total. The molecule has 104 valence electrons. The lowest BCUT2D eigenvalue weighted by atomic mass is 9.87.